The third-order valence-electron chi connectivity index (χ3n) is 4.11. The fraction of sp³-hybridized carbons (Fsp3) is 0.619. The van der Waals surface area contributed by atoms with Crippen LogP contribution in [0.4, 0.5) is 5.69 Å². The van der Waals surface area contributed by atoms with Gasteiger partial charge in [-0.1, -0.05) is 23.2 Å². The first kappa shape index (κ1) is 26.5. The summed E-state index contributed by atoms with van der Waals surface area (Å²) < 4.78 is 15.8. The number of ether oxygens (including phenoxy) is 3. The maximum atomic E-state index is 13.0. The molecule has 0 saturated heterocycles. The number of amides is 1. The van der Waals surface area contributed by atoms with Crippen molar-refractivity contribution in [1.29, 1.82) is 0 Å². The molecule has 0 radical (unpaired) electrons. The van der Waals surface area contributed by atoms with Gasteiger partial charge in [-0.15, -0.1) is 0 Å². The number of benzene rings is 1. The van der Waals surface area contributed by atoms with Crippen molar-refractivity contribution < 1.29 is 23.8 Å². The van der Waals surface area contributed by atoms with Crippen LogP contribution in [0, 0.1) is 0 Å². The lowest BCUT2D eigenvalue weighted by Crippen LogP contribution is -2.46. The van der Waals surface area contributed by atoms with E-state index in [0.29, 0.717) is 28.7 Å². The quantitative estimate of drug-likeness (QED) is 0.388. The number of esters is 1. The molecule has 1 unspecified atom stereocenters. The minimum atomic E-state index is -0.576. The Morgan fingerprint density at radius 2 is 1.77 bits per heavy atom. The third-order valence-corrected chi connectivity index (χ3v) is 4.85. The van der Waals surface area contributed by atoms with Crippen LogP contribution < -0.4 is 5.32 Å². The van der Waals surface area contributed by atoms with E-state index < -0.39 is 17.9 Å². The van der Waals surface area contributed by atoms with Crippen LogP contribution in [0.5, 0.6) is 0 Å². The second-order valence-electron chi connectivity index (χ2n) is 7.87. The predicted octanol–water partition coefficient (Wildman–Crippen LogP) is 4.36. The summed E-state index contributed by atoms with van der Waals surface area (Å²) in [7, 11) is 3.02. The van der Waals surface area contributed by atoms with E-state index in [2.05, 4.69) is 5.32 Å². The number of hydrogen-bond donors (Lipinski definition) is 1. The van der Waals surface area contributed by atoms with Crippen molar-refractivity contribution in [2.75, 3.05) is 32.6 Å². The molecular weight excluding hydrogens is 431 g/mol. The van der Waals surface area contributed by atoms with Crippen LogP contribution in [0.25, 0.3) is 0 Å². The van der Waals surface area contributed by atoms with Crippen molar-refractivity contribution in [1.82, 2.24) is 4.90 Å². The zero-order valence-electron chi connectivity index (χ0n) is 18.5. The van der Waals surface area contributed by atoms with Crippen LogP contribution in [-0.2, 0) is 23.8 Å². The molecule has 1 aromatic carbocycles. The lowest BCUT2D eigenvalue weighted by Gasteiger charge is -2.29. The minimum Gasteiger partial charge on any atom is -0.460 e. The van der Waals surface area contributed by atoms with Gasteiger partial charge in [-0.25, -0.2) is 0 Å². The summed E-state index contributed by atoms with van der Waals surface area (Å²) >= 11 is 12.0. The van der Waals surface area contributed by atoms with E-state index in [9.17, 15) is 9.59 Å². The maximum Gasteiger partial charge on any atom is 0.306 e. The molecule has 30 heavy (non-hydrogen) atoms. The molecule has 0 bridgehead atoms. The summed E-state index contributed by atoms with van der Waals surface area (Å²) in [5.74, 6) is -0.462. The van der Waals surface area contributed by atoms with Gasteiger partial charge in [0.25, 0.3) is 0 Å². The molecule has 9 heteroatoms. The van der Waals surface area contributed by atoms with Gasteiger partial charge in [0.15, 0.2) is 6.29 Å². The standard InChI is InChI=1S/C21H32Cl2N2O5/c1-14(24-15-9-10-16(22)17(23)12-15)20(27)25(13-19(28-5)29-6)11-7-8-18(26)30-21(2,3)4/h9-10,12,14,19,24H,7-8,11,13H2,1-6H3. The smallest absolute Gasteiger partial charge is 0.306 e. The molecule has 0 heterocycles. The SMILES string of the molecule is COC(CN(CCCC(=O)OC(C)(C)C)C(=O)C(C)Nc1ccc(Cl)c(Cl)c1)OC. The van der Waals surface area contributed by atoms with Gasteiger partial charge >= 0.3 is 5.97 Å². The number of carbonyl (C=O) groups is 2. The van der Waals surface area contributed by atoms with Crippen molar-refractivity contribution in [3.05, 3.63) is 28.2 Å². The van der Waals surface area contributed by atoms with Crippen LogP contribution in [0.3, 0.4) is 0 Å². The number of halogens is 2. The van der Waals surface area contributed by atoms with E-state index in [1.807, 2.05) is 20.8 Å². The van der Waals surface area contributed by atoms with Crippen molar-refractivity contribution in [3.8, 4) is 0 Å². The summed E-state index contributed by atoms with van der Waals surface area (Å²) in [6.07, 6.45) is 0.0910. The second kappa shape index (κ2) is 12.3. The molecule has 1 aromatic rings. The van der Waals surface area contributed by atoms with Crippen LogP contribution >= 0.6 is 23.2 Å². The molecular formula is C21H32Cl2N2O5. The fourth-order valence-electron chi connectivity index (χ4n) is 2.69. The Labute approximate surface area is 188 Å². The molecule has 0 aliphatic rings. The molecule has 1 amide bonds. The predicted molar refractivity (Wildman–Crippen MR) is 119 cm³/mol. The normalized spacial score (nSPS) is 12.6. The van der Waals surface area contributed by atoms with Crippen molar-refractivity contribution in [3.63, 3.8) is 0 Å². The van der Waals surface area contributed by atoms with Gasteiger partial charge in [0, 0.05) is 32.9 Å². The first-order chi connectivity index (χ1) is 14.0. The summed E-state index contributed by atoms with van der Waals surface area (Å²) in [6.45, 7) is 7.79. The molecule has 0 aliphatic carbocycles. The first-order valence-electron chi connectivity index (χ1n) is 9.74. The van der Waals surface area contributed by atoms with E-state index in [1.165, 1.54) is 14.2 Å². The highest BCUT2D eigenvalue weighted by molar-refractivity contribution is 6.42. The number of anilines is 1. The topological polar surface area (TPSA) is 77.1 Å². The fourth-order valence-corrected chi connectivity index (χ4v) is 2.99. The monoisotopic (exact) mass is 462 g/mol. The Morgan fingerprint density at radius 1 is 1.13 bits per heavy atom. The Balaban J connectivity index is 2.77. The minimum absolute atomic E-state index is 0.163. The van der Waals surface area contributed by atoms with Gasteiger partial charge in [0.1, 0.15) is 11.6 Å². The average Bonchev–Trinajstić information content (AvgIpc) is 2.65. The number of carbonyl (C=O) groups excluding carboxylic acids is 2. The third kappa shape index (κ3) is 9.51. The van der Waals surface area contributed by atoms with Gasteiger partial charge in [0.2, 0.25) is 5.91 Å². The highest BCUT2D eigenvalue weighted by Crippen LogP contribution is 2.25. The lowest BCUT2D eigenvalue weighted by molar-refractivity contribution is -0.155. The summed E-state index contributed by atoms with van der Waals surface area (Å²) in [5, 5.41) is 3.96. The molecule has 0 aliphatic heterocycles. The first-order valence-corrected chi connectivity index (χ1v) is 10.5. The molecule has 0 fully saturated rings. The van der Waals surface area contributed by atoms with E-state index in [0.717, 1.165) is 0 Å². The van der Waals surface area contributed by atoms with E-state index in [1.54, 1.807) is 30.0 Å². The number of methoxy groups -OCH3 is 2. The zero-order chi connectivity index (χ0) is 22.9. The van der Waals surface area contributed by atoms with E-state index >= 15 is 0 Å². The van der Waals surface area contributed by atoms with Crippen LogP contribution in [-0.4, -0.2) is 62.0 Å². The van der Waals surface area contributed by atoms with Crippen LogP contribution in [0.15, 0.2) is 18.2 Å². The number of nitrogens with one attached hydrogen (secondary N) is 1. The molecule has 0 saturated carbocycles. The molecule has 1 N–H and O–H groups in total. The summed E-state index contributed by atoms with van der Waals surface area (Å²) in [4.78, 5) is 26.6. The Hall–Kier alpha value is -1.54. The molecule has 7 nitrogen and oxygen atoms in total. The average molecular weight is 463 g/mol. The summed E-state index contributed by atoms with van der Waals surface area (Å²) in [6, 6.07) is 4.53. The van der Waals surface area contributed by atoms with Gasteiger partial charge in [-0.05, 0) is 52.3 Å². The van der Waals surface area contributed by atoms with E-state index in [-0.39, 0.29) is 24.8 Å². The zero-order valence-corrected chi connectivity index (χ0v) is 20.0. The molecule has 0 spiro atoms. The Bertz CT molecular complexity index is 705. The highest BCUT2D eigenvalue weighted by Gasteiger charge is 2.24. The molecule has 0 aromatic heterocycles. The van der Waals surface area contributed by atoms with Crippen LogP contribution in [0.2, 0.25) is 10.0 Å². The number of nitrogens with zero attached hydrogens (tertiary/aromatic N) is 1. The van der Waals surface area contributed by atoms with Gasteiger partial charge < -0.3 is 24.4 Å². The lowest BCUT2D eigenvalue weighted by atomic mass is 10.2. The van der Waals surface area contributed by atoms with Crippen molar-refractivity contribution in [2.45, 2.75) is 58.5 Å². The van der Waals surface area contributed by atoms with Gasteiger partial charge in [-0.2, -0.15) is 0 Å². The van der Waals surface area contributed by atoms with Gasteiger partial charge in [-0.3, -0.25) is 9.59 Å². The molecule has 1 atom stereocenters. The Morgan fingerprint density at radius 3 is 2.30 bits per heavy atom. The second-order valence-corrected chi connectivity index (χ2v) is 8.68. The largest absolute Gasteiger partial charge is 0.460 e. The Kier molecular flexibility index (Phi) is 10.9. The molecule has 170 valence electrons. The van der Waals surface area contributed by atoms with Crippen LogP contribution in [0.1, 0.15) is 40.5 Å². The van der Waals surface area contributed by atoms with Crippen molar-refractivity contribution in [2.24, 2.45) is 0 Å². The van der Waals surface area contributed by atoms with Gasteiger partial charge in [0.05, 0.1) is 16.6 Å². The summed E-state index contributed by atoms with van der Waals surface area (Å²) in [5.41, 5.74) is 0.135. The number of rotatable bonds is 11. The van der Waals surface area contributed by atoms with Crippen molar-refractivity contribution >= 4 is 40.8 Å². The molecule has 1 rings (SSSR count). The van der Waals surface area contributed by atoms with E-state index in [4.69, 9.17) is 37.4 Å². The maximum absolute atomic E-state index is 13.0. The number of hydrogen-bond acceptors (Lipinski definition) is 6. The highest BCUT2D eigenvalue weighted by atomic mass is 35.5.